The Hall–Kier alpha value is -2.71. The van der Waals surface area contributed by atoms with Gasteiger partial charge in [-0.2, -0.15) is 12.8 Å². The third-order valence-corrected chi connectivity index (χ3v) is 4.31. The maximum atomic E-state index is 11.5. The monoisotopic (exact) mass is 404 g/mol. The van der Waals surface area contributed by atoms with Crippen molar-refractivity contribution in [2.45, 2.75) is 32.4 Å². The molecule has 1 fully saturated rings. The van der Waals surface area contributed by atoms with Gasteiger partial charge >= 0.3 is 10.5 Å². The summed E-state index contributed by atoms with van der Waals surface area (Å²) < 4.78 is 36.0. The first-order chi connectivity index (χ1) is 13.5. The standard InChI is InChI=1S/C17H16N2O5S.C3H8/c18-17(20)14-4-2-1-3-13(14)11-5-7-12(8-6-11)24-16-10-23-9-15(16)19-25(21)22;1-3-2/h1-8,15-16H,9-10H2,(H2,18,20);3H2,1-2H3. The van der Waals surface area contributed by atoms with E-state index in [4.69, 9.17) is 15.2 Å². The van der Waals surface area contributed by atoms with Gasteiger partial charge in [-0.3, -0.25) is 4.79 Å². The first-order valence-corrected chi connectivity index (χ1v) is 10.0. The van der Waals surface area contributed by atoms with Crippen LogP contribution in [0.2, 0.25) is 0 Å². The second kappa shape index (κ2) is 10.6. The van der Waals surface area contributed by atoms with E-state index in [1.165, 1.54) is 6.42 Å². The van der Waals surface area contributed by atoms with Crippen molar-refractivity contribution in [3.05, 3.63) is 54.1 Å². The van der Waals surface area contributed by atoms with Crippen molar-refractivity contribution in [2.24, 2.45) is 10.1 Å². The zero-order valence-electron chi connectivity index (χ0n) is 15.9. The molecule has 0 saturated carbocycles. The molecule has 28 heavy (non-hydrogen) atoms. The molecule has 2 aromatic rings. The molecule has 0 aliphatic carbocycles. The Balaban J connectivity index is 0.000000878. The van der Waals surface area contributed by atoms with Crippen LogP contribution in [0.5, 0.6) is 5.75 Å². The Morgan fingerprint density at radius 2 is 1.79 bits per heavy atom. The number of carbonyl (C=O) groups is 1. The van der Waals surface area contributed by atoms with Crippen LogP contribution in [0.4, 0.5) is 0 Å². The average molecular weight is 404 g/mol. The molecule has 2 atom stereocenters. The zero-order chi connectivity index (χ0) is 20.5. The topological polar surface area (TPSA) is 108 Å². The summed E-state index contributed by atoms with van der Waals surface area (Å²) in [4.78, 5) is 11.5. The summed E-state index contributed by atoms with van der Waals surface area (Å²) in [7, 11) is -2.50. The Labute approximate surface area is 166 Å². The van der Waals surface area contributed by atoms with Gasteiger partial charge in [0, 0.05) is 5.56 Å². The van der Waals surface area contributed by atoms with Crippen LogP contribution in [-0.4, -0.2) is 39.7 Å². The van der Waals surface area contributed by atoms with Crippen molar-refractivity contribution in [2.75, 3.05) is 13.2 Å². The Morgan fingerprint density at radius 3 is 2.39 bits per heavy atom. The van der Waals surface area contributed by atoms with E-state index in [1.54, 1.807) is 24.3 Å². The van der Waals surface area contributed by atoms with Crippen LogP contribution in [0, 0.1) is 0 Å². The fourth-order valence-electron chi connectivity index (χ4n) is 2.68. The van der Waals surface area contributed by atoms with Crippen LogP contribution in [0.3, 0.4) is 0 Å². The number of primary amides is 1. The first kappa shape index (κ1) is 21.6. The predicted molar refractivity (Wildman–Crippen MR) is 107 cm³/mol. The third-order valence-electron chi connectivity index (χ3n) is 3.87. The molecular formula is C20H24N2O5S. The highest BCUT2D eigenvalue weighted by molar-refractivity contribution is 7.61. The lowest BCUT2D eigenvalue weighted by molar-refractivity contribution is 0.100. The number of nitrogens with zero attached hydrogens (tertiary/aromatic N) is 1. The maximum Gasteiger partial charge on any atom is 0.311 e. The number of benzene rings is 2. The van der Waals surface area contributed by atoms with Gasteiger partial charge in [-0.1, -0.05) is 50.6 Å². The van der Waals surface area contributed by atoms with Gasteiger partial charge in [-0.15, -0.1) is 0 Å². The molecule has 1 heterocycles. The van der Waals surface area contributed by atoms with Gasteiger partial charge in [-0.25, -0.2) is 0 Å². The molecule has 0 bridgehead atoms. The van der Waals surface area contributed by atoms with Gasteiger partial charge < -0.3 is 15.2 Å². The van der Waals surface area contributed by atoms with Crippen LogP contribution in [0.25, 0.3) is 11.1 Å². The van der Waals surface area contributed by atoms with Crippen molar-refractivity contribution in [3.63, 3.8) is 0 Å². The summed E-state index contributed by atoms with van der Waals surface area (Å²) in [6.45, 7) is 4.74. The number of hydrogen-bond acceptors (Lipinski definition) is 6. The molecule has 150 valence electrons. The van der Waals surface area contributed by atoms with Crippen molar-refractivity contribution in [1.29, 1.82) is 0 Å². The quantitative estimate of drug-likeness (QED) is 0.824. The molecular weight excluding hydrogens is 380 g/mol. The lowest BCUT2D eigenvalue weighted by atomic mass is 9.99. The molecule has 7 nitrogen and oxygen atoms in total. The maximum absolute atomic E-state index is 11.5. The van der Waals surface area contributed by atoms with Crippen LogP contribution in [-0.2, 0) is 15.2 Å². The number of carbonyl (C=O) groups excluding carboxylic acids is 1. The molecule has 0 aromatic heterocycles. The SMILES string of the molecule is CCC.NC(=O)c1ccccc1-c1ccc(OC2COCC2N=S(=O)=O)cc1. The minimum absolute atomic E-state index is 0.211. The minimum Gasteiger partial charge on any atom is -0.486 e. The molecule has 1 saturated heterocycles. The number of hydrogen-bond donors (Lipinski definition) is 1. The van der Waals surface area contributed by atoms with Crippen LogP contribution in [0.15, 0.2) is 52.9 Å². The summed E-state index contributed by atoms with van der Waals surface area (Å²) in [6, 6.07) is 13.6. The van der Waals surface area contributed by atoms with E-state index >= 15 is 0 Å². The van der Waals surface area contributed by atoms with E-state index in [1.807, 2.05) is 24.3 Å². The summed E-state index contributed by atoms with van der Waals surface area (Å²) in [6.07, 6.45) is 0.793. The van der Waals surface area contributed by atoms with E-state index in [-0.39, 0.29) is 13.2 Å². The van der Waals surface area contributed by atoms with Gasteiger partial charge in [0.2, 0.25) is 5.91 Å². The molecule has 0 radical (unpaired) electrons. The summed E-state index contributed by atoms with van der Waals surface area (Å²) in [5.74, 6) is 0.0711. The normalized spacial score (nSPS) is 17.9. The van der Waals surface area contributed by atoms with E-state index in [9.17, 15) is 13.2 Å². The lowest BCUT2D eigenvalue weighted by Gasteiger charge is -2.15. The lowest BCUT2D eigenvalue weighted by Crippen LogP contribution is -2.28. The Morgan fingerprint density at radius 1 is 1.14 bits per heavy atom. The molecule has 8 heteroatoms. The highest BCUT2D eigenvalue weighted by Crippen LogP contribution is 2.27. The van der Waals surface area contributed by atoms with E-state index < -0.39 is 28.6 Å². The largest absolute Gasteiger partial charge is 0.486 e. The van der Waals surface area contributed by atoms with E-state index in [0.717, 1.165) is 11.1 Å². The van der Waals surface area contributed by atoms with Gasteiger partial charge in [0.15, 0.2) is 0 Å². The molecule has 2 N–H and O–H groups in total. The smallest absolute Gasteiger partial charge is 0.311 e. The number of amides is 1. The summed E-state index contributed by atoms with van der Waals surface area (Å²) >= 11 is 0. The second-order valence-electron chi connectivity index (χ2n) is 6.22. The predicted octanol–water partition coefficient (Wildman–Crippen LogP) is 3.08. The Bertz CT molecular complexity index is 918. The zero-order valence-corrected chi connectivity index (χ0v) is 16.7. The van der Waals surface area contributed by atoms with E-state index in [0.29, 0.717) is 11.3 Å². The van der Waals surface area contributed by atoms with Crippen LogP contribution < -0.4 is 10.5 Å². The van der Waals surface area contributed by atoms with Gasteiger partial charge in [-0.05, 0) is 29.3 Å². The van der Waals surface area contributed by atoms with Crippen molar-refractivity contribution in [3.8, 4) is 16.9 Å². The van der Waals surface area contributed by atoms with Gasteiger partial charge in [0.25, 0.3) is 0 Å². The van der Waals surface area contributed by atoms with Crippen molar-refractivity contribution >= 4 is 16.4 Å². The van der Waals surface area contributed by atoms with Gasteiger partial charge in [0.1, 0.15) is 17.9 Å². The third kappa shape index (κ3) is 5.90. The fourth-order valence-corrected chi connectivity index (χ4v) is 3.10. The molecule has 0 spiro atoms. The van der Waals surface area contributed by atoms with Gasteiger partial charge in [0.05, 0.1) is 13.2 Å². The molecule has 1 amide bonds. The summed E-state index contributed by atoms with van der Waals surface area (Å²) in [5, 5.41) is 0. The van der Waals surface area contributed by atoms with Crippen molar-refractivity contribution < 1.29 is 22.7 Å². The second-order valence-corrected chi connectivity index (χ2v) is 6.87. The number of ether oxygens (including phenoxy) is 2. The number of nitrogens with two attached hydrogens (primary N) is 1. The molecule has 3 rings (SSSR count). The minimum atomic E-state index is -2.50. The highest BCUT2D eigenvalue weighted by atomic mass is 32.2. The number of rotatable bonds is 5. The van der Waals surface area contributed by atoms with E-state index in [2.05, 4.69) is 18.2 Å². The van der Waals surface area contributed by atoms with Crippen molar-refractivity contribution in [1.82, 2.24) is 0 Å². The first-order valence-electron chi connectivity index (χ1n) is 9.00. The summed E-state index contributed by atoms with van der Waals surface area (Å²) in [5.41, 5.74) is 7.41. The Kier molecular flexibility index (Phi) is 8.16. The molecule has 2 unspecified atom stereocenters. The molecule has 1 aliphatic heterocycles. The molecule has 1 aliphatic rings. The highest BCUT2D eigenvalue weighted by Gasteiger charge is 2.30. The average Bonchev–Trinajstić information content (AvgIpc) is 3.09. The van der Waals surface area contributed by atoms with Crippen LogP contribution >= 0.6 is 0 Å². The molecule has 2 aromatic carbocycles. The fraction of sp³-hybridized carbons (Fsp3) is 0.350. The van der Waals surface area contributed by atoms with Crippen LogP contribution in [0.1, 0.15) is 30.6 Å².